The Balaban J connectivity index is 2.31. The molecule has 0 aromatic heterocycles. The zero-order valence-corrected chi connectivity index (χ0v) is 9.12. The molecule has 2 heteroatoms. The Morgan fingerprint density at radius 3 is 2.79 bits per heavy atom. The van der Waals surface area contributed by atoms with Gasteiger partial charge in [0.1, 0.15) is 5.75 Å². The van der Waals surface area contributed by atoms with E-state index in [-0.39, 0.29) is 6.10 Å². The summed E-state index contributed by atoms with van der Waals surface area (Å²) in [5.74, 6) is 0.938. The fraction of sp³-hybridized carbons (Fsp3) is 0.500. The van der Waals surface area contributed by atoms with Crippen LogP contribution < -0.4 is 4.74 Å². The second-order valence-corrected chi connectivity index (χ2v) is 3.50. The lowest BCUT2D eigenvalue weighted by atomic mass is 10.2. The first-order valence-electron chi connectivity index (χ1n) is 4.94. The van der Waals surface area contributed by atoms with Crippen molar-refractivity contribution in [2.45, 2.75) is 26.4 Å². The van der Waals surface area contributed by atoms with Crippen LogP contribution >= 0.6 is 0 Å². The average Bonchev–Trinajstić information content (AvgIpc) is 2.17. The third-order valence-corrected chi connectivity index (χ3v) is 2.19. The lowest BCUT2D eigenvalue weighted by molar-refractivity contribution is 0.0955. The van der Waals surface area contributed by atoms with E-state index in [0.29, 0.717) is 6.61 Å². The molecule has 0 unspecified atom stereocenters. The lowest BCUT2D eigenvalue weighted by Gasteiger charge is -2.10. The number of hydrogen-bond acceptors (Lipinski definition) is 2. The normalized spacial score (nSPS) is 12.5. The molecule has 1 rings (SSSR count). The van der Waals surface area contributed by atoms with Crippen LogP contribution in [0.25, 0.3) is 0 Å². The molecule has 0 saturated heterocycles. The Hall–Kier alpha value is -1.02. The van der Waals surface area contributed by atoms with Crippen LogP contribution in [0.5, 0.6) is 5.75 Å². The van der Waals surface area contributed by atoms with Crippen LogP contribution in [-0.4, -0.2) is 19.8 Å². The monoisotopic (exact) mass is 194 g/mol. The van der Waals surface area contributed by atoms with Gasteiger partial charge in [-0.05, 0) is 31.5 Å². The van der Waals surface area contributed by atoms with Crippen LogP contribution in [0.1, 0.15) is 18.9 Å². The highest BCUT2D eigenvalue weighted by molar-refractivity contribution is 5.27. The number of benzene rings is 1. The average molecular weight is 194 g/mol. The summed E-state index contributed by atoms with van der Waals surface area (Å²) < 4.78 is 10.7. The predicted molar refractivity (Wildman–Crippen MR) is 57.8 cm³/mol. The van der Waals surface area contributed by atoms with Gasteiger partial charge in [-0.15, -0.1) is 0 Å². The molecular weight excluding hydrogens is 176 g/mol. The van der Waals surface area contributed by atoms with E-state index < -0.39 is 0 Å². The molecule has 0 aliphatic rings. The highest BCUT2D eigenvalue weighted by Gasteiger charge is 1.99. The third kappa shape index (κ3) is 3.79. The molecule has 1 aromatic carbocycles. The van der Waals surface area contributed by atoms with E-state index in [1.165, 1.54) is 5.56 Å². The molecule has 0 bridgehead atoms. The van der Waals surface area contributed by atoms with Crippen molar-refractivity contribution in [3.05, 3.63) is 29.8 Å². The minimum atomic E-state index is 0.264. The van der Waals surface area contributed by atoms with E-state index in [1.54, 1.807) is 7.11 Å². The van der Waals surface area contributed by atoms with E-state index in [0.717, 1.165) is 12.2 Å². The Morgan fingerprint density at radius 1 is 1.36 bits per heavy atom. The molecule has 0 N–H and O–H groups in total. The van der Waals surface area contributed by atoms with Crippen LogP contribution in [0, 0.1) is 6.92 Å². The SMILES string of the molecule is CO[C@@H](C)CCOc1cccc(C)c1. The summed E-state index contributed by atoms with van der Waals surface area (Å²) >= 11 is 0. The molecule has 0 heterocycles. The second kappa shape index (κ2) is 5.66. The molecule has 2 nitrogen and oxygen atoms in total. The first-order valence-corrected chi connectivity index (χ1v) is 4.94. The summed E-state index contributed by atoms with van der Waals surface area (Å²) in [7, 11) is 1.72. The Kier molecular flexibility index (Phi) is 4.47. The Morgan fingerprint density at radius 2 is 2.14 bits per heavy atom. The number of aryl methyl sites for hydroxylation is 1. The summed E-state index contributed by atoms with van der Waals surface area (Å²) in [5.41, 5.74) is 1.22. The van der Waals surface area contributed by atoms with E-state index in [9.17, 15) is 0 Å². The van der Waals surface area contributed by atoms with Gasteiger partial charge in [-0.1, -0.05) is 12.1 Å². The molecule has 0 radical (unpaired) electrons. The molecule has 14 heavy (non-hydrogen) atoms. The van der Waals surface area contributed by atoms with E-state index in [2.05, 4.69) is 13.0 Å². The third-order valence-electron chi connectivity index (χ3n) is 2.19. The molecular formula is C12H18O2. The number of methoxy groups -OCH3 is 1. The summed E-state index contributed by atoms with van der Waals surface area (Å²) in [5, 5.41) is 0. The lowest BCUT2D eigenvalue weighted by Crippen LogP contribution is -2.10. The first-order chi connectivity index (χ1) is 6.72. The van der Waals surface area contributed by atoms with E-state index in [4.69, 9.17) is 9.47 Å². The van der Waals surface area contributed by atoms with Crippen LogP contribution in [0.2, 0.25) is 0 Å². The van der Waals surface area contributed by atoms with Gasteiger partial charge in [0.25, 0.3) is 0 Å². The first kappa shape index (κ1) is 11.1. The molecule has 0 spiro atoms. The molecule has 0 amide bonds. The van der Waals surface area contributed by atoms with Gasteiger partial charge >= 0.3 is 0 Å². The van der Waals surface area contributed by atoms with Gasteiger partial charge in [-0.2, -0.15) is 0 Å². The minimum absolute atomic E-state index is 0.264. The largest absolute Gasteiger partial charge is 0.493 e. The van der Waals surface area contributed by atoms with Crippen LogP contribution in [0.15, 0.2) is 24.3 Å². The van der Waals surface area contributed by atoms with Gasteiger partial charge in [-0.3, -0.25) is 0 Å². The number of ether oxygens (including phenoxy) is 2. The predicted octanol–water partition coefficient (Wildman–Crippen LogP) is 2.80. The van der Waals surface area contributed by atoms with Gasteiger partial charge in [-0.25, -0.2) is 0 Å². The number of rotatable bonds is 5. The van der Waals surface area contributed by atoms with Crippen molar-refractivity contribution in [1.29, 1.82) is 0 Å². The van der Waals surface area contributed by atoms with Crippen molar-refractivity contribution in [3.8, 4) is 5.75 Å². The van der Waals surface area contributed by atoms with Crippen molar-refractivity contribution in [1.82, 2.24) is 0 Å². The fourth-order valence-electron chi connectivity index (χ4n) is 1.17. The quantitative estimate of drug-likeness (QED) is 0.717. The summed E-state index contributed by atoms with van der Waals surface area (Å²) in [6.45, 7) is 4.81. The maximum absolute atomic E-state index is 5.58. The maximum Gasteiger partial charge on any atom is 0.119 e. The molecule has 1 atom stereocenters. The molecule has 0 fully saturated rings. The molecule has 1 aromatic rings. The molecule has 0 aliphatic carbocycles. The summed E-state index contributed by atoms with van der Waals surface area (Å²) in [4.78, 5) is 0. The van der Waals surface area contributed by atoms with Gasteiger partial charge in [0.15, 0.2) is 0 Å². The van der Waals surface area contributed by atoms with Crippen molar-refractivity contribution in [2.24, 2.45) is 0 Å². The topological polar surface area (TPSA) is 18.5 Å². The zero-order chi connectivity index (χ0) is 10.4. The highest BCUT2D eigenvalue weighted by Crippen LogP contribution is 2.12. The standard InChI is InChI=1S/C12H18O2/c1-10-5-4-6-12(9-10)14-8-7-11(2)13-3/h4-6,9,11H,7-8H2,1-3H3/t11-/m0/s1. The van der Waals surface area contributed by atoms with Crippen LogP contribution in [0.3, 0.4) is 0 Å². The Bertz CT molecular complexity index is 271. The number of hydrogen-bond donors (Lipinski definition) is 0. The Labute approximate surface area is 85.8 Å². The molecule has 78 valence electrons. The van der Waals surface area contributed by atoms with Gasteiger partial charge < -0.3 is 9.47 Å². The fourth-order valence-corrected chi connectivity index (χ4v) is 1.17. The summed E-state index contributed by atoms with van der Waals surface area (Å²) in [6.07, 6.45) is 1.18. The van der Waals surface area contributed by atoms with Crippen LogP contribution in [0.4, 0.5) is 0 Å². The molecule has 0 saturated carbocycles. The highest BCUT2D eigenvalue weighted by atomic mass is 16.5. The van der Waals surface area contributed by atoms with Crippen LogP contribution in [-0.2, 0) is 4.74 Å². The maximum atomic E-state index is 5.58. The van der Waals surface area contributed by atoms with Crippen molar-refractivity contribution in [3.63, 3.8) is 0 Å². The van der Waals surface area contributed by atoms with Crippen molar-refractivity contribution < 1.29 is 9.47 Å². The van der Waals surface area contributed by atoms with Gasteiger partial charge in [0.05, 0.1) is 12.7 Å². The van der Waals surface area contributed by atoms with Crippen molar-refractivity contribution >= 4 is 0 Å². The van der Waals surface area contributed by atoms with E-state index in [1.807, 2.05) is 25.1 Å². The summed E-state index contributed by atoms with van der Waals surface area (Å²) in [6, 6.07) is 8.08. The molecule has 0 aliphatic heterocycles. The zero-order valence-electron chi connectivity index (χ0n) is 9.12. The van der Waals surface area contributed by atoms with Gasteiger partial charge in [0, 0.05) is 13.5 Å². The van der Waals surface area contributed by atoms with Gasteiger partial charge in [0.2, 0.25) is 0 Å². The van der Waals surface area contributed by atoms with E-state index >= 15 is 0 Å². The smallest absolute Gasteiger partial charge is 0.119 e. The minimum Gasteiger partial charge on any atom is -0.493 e. The second-order valence-electron chi connectivity index (χ2n) is 3.50. The van der Waals surface area contributed by atoms with Crippen molar-refractivity contribution in [2.75, 3.05) is 13.7 Å².